The van der Waals surface area contributed by atoms with Gasteiger partial charge in [0.15, 0.2) is 5.75 Å². The van der Waals surface area contributed by atoms with Crippen LogP contribution in [0.3, 0.4) is 0 Å². The van der Waals surface area contributed by atoms with Crippen molar-refractivity contribution in [2.45, 2.75) is 13.3 Å². The van der Waals surface area contributed by atoms with Gasteiger partial charge in [0.05, 0.1) is 0 Å². The Hall–Kier alpha value is -2.43. The second-order valence-electron chi connectivity index (χ2n) is 3.62. The van der Waals surface area contributed by atoms with E-state index < -0.39 is 6.09 Å². The molecular formula is C13H12N2O3. The Labute approximate surface area is 104 Å². The summed E-state index contributed by atoms with van der Waals surface area (Å²) in [5.41, 5.74) is 0.582. The Morgan fingerprint density at radius 1 is 1.28 bits per heavy atom. The number of nitrogens with zero attached hydrogens (tertiary/aromatic N) is 1. The molecule has 1 aromatic carbocycles. The van der Waals surface area contributed by atoms with Gasteiger partial charge in [-0.3, -0.25) is 15.1 Å². The molecule has 0 saturated heterocycles. The zero-order chi connectivity index (χ0) is 13.0. The molecule has 1 aromatic heterocycles. The van der Waals surface area contributed by atoms with Gasteiger partial charge >= 0.3 is 6.09 Å². The molecule has 0 aliphatic carbocycles. The molecule has 18 heavy (non-hydrogen) atoms. The molecular weight excluding hydrogens is 232 g/mol. The van der Waals surface area contributed by atoms with E-state index in [1.807, 2.05) is 12.1 Å². The van der Waals surface area contributed by atoms with Crippen molar-refractivity contribution >= 4 is 22.9 Å². The number of hydrogen-bond donors (Lipinski definition) is 1. The van der Waals surface area contributed by atoms with Gasteiger partial charge in [0.2, 0.25) is 5.91 Å². The van der Waals surface area contributed by atoms with Crippen molar-refractivity contribution in [3.05, 3.63) is 36.5 Å². The van der Waals surface area contributed by atoms with Crippen LogP contribution in [-0.2, 0) is 4.79 Å². The topological polar surface area (TPSA) is 68.3 Å². The normalized spacial score (nSPS) is 10.1. The quantitative estimate of drug-likeness (QED) is 0.879. The van der Waals surface area contributed by atoms with Gasteiger partial charge in [-0.15, -0.1) is 0 Å². The lowest BCUT2D eigenvalue weighted by Gasteiger charge is -2.06. The maximum atomic E-state index is 11.4. The lowest BCUT2D eigenvalue weighted by molar-refractivity contribution is -0.119. The average Bonchev–Trinajstić information content (AvgIpc) is 2.39. The molecule has 0 unspecified atom stereocenters. The smallest absolute Gasteiger partial charge is 0.408 e. The number of pyridine rings is 1. The first-order valence-corrected chi connectivity index (χ1v) is 5.56. The lowest BCUT2D eigenvalue weighted by atomic mass is 10.2. The molecule has 5 nitrogen and oxygen atoms in total. The van der Waals surface area contributed by atoms with Crippen molar-refractivity contribution in [2.75, 3.05) is 0 Å². The molecule has 2 aromatic rings. The highest BCUT2D eigenvalue weighted by Crippen LogP contribution is 2.22. The second kappa shape index (κ2) is 5.27. The number of rotatable bonds is 2. The Morgan fingerprint density at radius 2 is 2.06 bits per heavy atom. The van der Waals surface area contributed by atoms with Crippen molar-refractivity contribution in [3.63, 3.8) is 0 Å². The van der Waals surface area contributed by atoms with Crippen LogP contribution in [0.25, 0.3) is 10.9 Å². The van der Waals surface area contributed by atoms with Gasteiger partial charge < -0.3 is 4.74 Å². The van der Waals surface area contributed by atoms with Crippen molar-refractivity contribution in [1.82, 2.24) is 10.3 Å². The highest BCUT2D eigenvalue weighted by atomic mass is 16.6. The van der Waals surface area contributed by atoms with E-state index in [0.717, 1.165) is 5.39 Å². The van der Waals surface area contributed by atoms with Crippen molar-refractivity contribution in [3.8, 4) is 5.75 Å². The number of amides is 2. The molecule has 0 fully saturated rings. The van der Waals surface area contributed by atoms with Gasteiger partial charge in [0.25, 0.3) is 0 Å². The van der Waals surface area contributed by atoms with Crippen LogP contribution in [0.5, 0.6) is 5.75 Å². The predicted octanol–water partition coefficient (Wildman–Crippen LogP) is 2.26. The maximum Gasteiger partial charge on any atom is 0.419 e. The summed E-state index contributed by atoms with van der Waals surface area (Å²) in [6.07, 6.45) is 1.05. The SMILES string of the molecule is CCC(=O)NC(=O)Oc1cccc2cccnc12. The number of imide groups is 1. The highest BCUT2D eigenvalue weighted by molar-refractivity contribution is 5.94. The van der Waals surface area contributed by atoms with Crippen molar-refractivity contribution in [1.29, 1.82) is 0 Å². The molecule has 0 atom stereocenters. The molecule has 0 saturated carbocycles. The minimum atomic E-state index is -0.792. The molecule has 1 heterocycles. The molecule has 92 valence electrons. The van der Waals surface area contributed by atoms with Gasteiger partial charge in [0.1, 0.15) is 5.52 Å². The first-order valence-electron chi connectivity index (χ1n) is 5.56. The summed E-state index contributed by atoms with van der Waals surface area (Å²) in [6.45, 7) is 1.65. The van der Waals surface area contributed by atoms with Crippen LogP contribution >= 0.6 is 0 Å². The fourth-order valence-corrected chi connectivity index (χ4v) is 1.49. The lowest BCUT2D eigenvalue weighted by Crippen LogP contribution is -2.32. The van der Waals surface area contributed by atoms with Crippen LogP contribution in [0.2, 0.25) is 0 Å². The maximum absolute atomic E-state index is 11.4. The predicted molar refractivity (Wildman–Crippen MR) is 66.2 cm³/mol. The van der Waals surface area contributed by atoms with Gasteiger partial charge in [0, 0.05) is 18.0 Å². The molecule has 1 N–H and O–H groups in total. The Bertz CT molecular complexity index is 590. The van der Waals surface area contributed by atoms with E-state index in [9.17, 15) is 9.59 Å². The molecule has 2 amide bonds. The number of aromatic nitrogens is 1. The fraction of sp³-hybridized carbons (Fsp3) is 0.154. The first-order chi connectivity index (χ1) is 8.70. The van der Waals surface area contributed by atoms with Gasteiger partial charge in [-0.2, -0.15) is 0 Å². The summed E-state index contributed by atoms with van der Waals surface area (Å²) >= 11 is 0. The number of carbonyl (C=O) groups is 2. The number of fused-ring (bicyclic) bond motifs is 1. The molecule has 0 radical (unpaired) electrons. The zero-order valence-electron chi connectivity index (χ0n) is 9.84. The summed E-state index contributed by atoms with van der Waals surface area (Å²) in [5.74, 6) is -0.0531. The summed E-state index contributed by atoms with van der Waals surface area (Å²) in [4.78, 5) is 26.6. The number of carbonyl (C=O) groups excluding carboxylic acids is 2. The van der Waals surface area contributed by atoms with Crippen molar-refractivity contribution in [2.24, 2.45) is 0 Å². The standard InChI is InChI=1S/C13H12N2O3/c1-2-11(16)15-13(17)18-10-7-3-5-9-6-4-8-14-12(9)10/h3-8H,2H2,1H3,(H,15,16,17). The second-order valence-corrected chi connectivity index (χ2v) is 3.62. The number of nitrogens with one attached hydrogen (secondary N) is 1. The monoisotopic (exact) mass is 244 g/mol. The number of ether oxygens (including phenoxy) is 1. The minimum Gasteiger partial charge on any atom is -0.408 e. The van der Waals surface area contributed by atoms with E-state index in [2.05, 4.69) is 10.3 Å². The molecule has 0 spiro atoms. The van der Waals surface area contributed by atoms with E-state index >= 15 is 0 Å². The Morgan fingerprint density at radius 3 is 2.83 bits per heavy atom. The zero-order valence-corrected chi connectivity index (χ0v) is 9.84. The Balaban J connectivity index is 2.21. The largest absolute Gasteiger partial charge is 0.419 e. The van der Waals surface area contributed by atoms with Gasteiger partial charge in [-0.1, -0.05) is 25.1 Å². The third-order valence-corrected chi connectivity index (χ3v) is 2.36. The third-order valence-electron chi connectivity index (χ3n) is 2.36. The van der Waals surface area contributed by atoms with Crippen molar-refractivity contribution < 1.29 is 14.3 Å². The average molecular weight is 244 g/mol. The fourth-order valence-electron chi connectivity index (χ4n) is 1.49. The van der Waals surface area contributed by atoms with Crippen LogP contribution in [-0.4, -0.2) is 17.0 Å². The minimum absolute atomic E-state index is 0.225. The van der Waals surface area contributed by atoms with Crippen LogP contribution in [0.4, 0.5) is 4.79 Å². The first kappa shape index (κ1) is 12.0. The van der Waals surface area contributed by atoms with Crippen LogP contribution in [0.15, 0.2) is 36.5 Å². The van der Waals surface area contributed by atoms with Crippen LogP contribution in [0.1, 0.15) is 13.3 Å². The van der Waals surface area contributed by atoms with E-state index in [1.165, 1.54) is 0 Å². The highest BCUT2D eigenvalue weighted by Gasteiger charge is 2.10. The molecule has 0 aliphatic rings. The number of hydrogen-bond acceptors (Lipinski definition) is 4. The van der Waals surface area contributed by atoms with Gasteiger partial charge in [-0.05, 0) is 12.1 Å². The molecule has 0 bridgehead atoms. The van der Waals surface area contributed by atoms with Gasteiger partial charge in [-0.25, -0.2) is 4.79 Å². The summed E-state index contributed by atoms with van der Waals surface area (Å²) in [5, 5.41) is 2.98. The number of para-hydroxylation sites is 1. The van der Waals surface area contributed by atoms with E-state index in [4.69, 9.17) is 4.74 Å². The summed E-state index contributed by atoms with van der Waals surface area (Å²) < 4.78 is 5.07. The van der Waals surface area contributed by atoms with E-state index in [-0.39, 0.29) is 12.3 Å². The number of benzene rings is 1. The van der Waals surface area contributed by atoms with E-state index in [0.29, 0.717) is 11.3 Å². The Kier molecular flexibility index (Phi) is 3.52. The van der Waals surface area contributed by atoms with Crippen LogP contribution in [0, 0.1) is 0 Å². The summed E-state index contributed by atoms with van der Waals surface area (Å²) in [6, 6.07) is 8.92. The molecule has 0 aliphatic heterocycles. The molecule has 5 heteroatoms. The third kappa shape index (κ3) is 2.63. The molecule has 2 rings (SSSR count). The van der Waals surface area contributed by atoms with E-state index in [1.54, 1.807) is 31.3 Å². The van der Waals surface area contributed by atoms with Crippen LogP contribution < -0.4 is 10.1 Å². The summed E-state index contributed by atoms with van der Waals surface area (Å²) in [7, 11) is 0.